The number of amides is 1. The fraction of sp³-hybridized carbons (Fsp3) is 0.371. The van der Waals surface area contributed by atoms with Gasteiger partial charge in [0, 0.05) is 35.8 Å². The van der Waals surface area contributed by atoms with Crippen LogP contribution in [0.25, 0.3) is 0 Å². The molecule has 1 amide bonds. The minimum atomic E-state index is -1.10. The van der Waals surface area contributed by atoms with Crippen molar-refractivity contribution in [2.24, 2.45) is 0 Å². The maximum Gasteiger partial charge on any atom is 0.251 e. The lowest BCUT2D eigenvalue weighted by Gasteiger charge is -2.27. The third-order valence-electron chi connectivity index (χ3n) is 7.87. The summed E-state index contributed by atoms with van der Waals surface area (Å²) in [6, 6.07) is 17.1. The molecule has 0 aromatic heterocycles. The van der Waals surface area contributed by atoms with E-state index in [9.17, 15) is 23.9 Å². The Bertz CT molecular complexity index is 1500. The molecule has 0 bridgehead atoms. The maximum atomic E-state index is 14.0. The van der Waals surface area contributed by atoms with Crippen LogP contribution in [0.2, 0.25) is 0 Å². The van der Waals surface area contributed by atoms with Gasteiger partial charge >= 0.3 is 0 Å². The number of benzene rings is 3. The summed E-state index contributed by atoms with van der Waals surface area (Å²) in [6.07, 6.45) is 8.29. The van der Waals surface area contributed by atoms with E-state index in [-0.39, 0.29) is 24.1 Å². The maximum absolute atomic E-state index is 14.0. The number of aliphatic hydroxyl groups is 1. The lowest BCUT2D eigenvalue weighted by molar-refractivity contribution is 0.0822. The molecule has 1 aliphatic carbocycles. The monoisotopic (exact) mass is 584 g/mol. The Morgan fingerprint density at radius 3 is 2.49 bits per heavy atom. The van der Waals surface area contributed by atoms with E-state index in [2.05, 4.69) is 34.4 Å². The van der Waals surface area contributed by atoms with E-state index in [1.807, 2.05) is 31.3 Å². The summed E-state index contributed by atoms with van der Waals surface area (Å²) >= 11 is 0. The van der Waals surface area contributed by atoms with Crippen molar-refractivity contribution in [3.8, 4) is 18.4 Å². The molecule has 1 saturated carbocycles. The fourth-order valence-corrected chi connectivity index (χ4v) is 5.36. The first-order valence-electron chi connectivity index (χ1n) is 14.6. The molecule has 0 radical (unpaired) electrons. The zero-order valence-electron chi connectivity index (χ0n) is 24.7. The van der Waals surface area contributed by atoms with Crippen LogP contribution in [0.15, 0.2) is 60.7 Å². The van der Waals surface area contributed by atoms with Crippen LogP contribution < -0.4 is 10.6 Å². The highest BCUT2D eigenvalue weighted by molar-refractivity contribution is 5.95. The number of terminal acetylenes is 1. The highest BCUT2D eigenvalue weighted by Crippen LogP contribution is 2.45. The van der Waals surface area contributed by atoms with E-state index >= 15 is 0 Å². The number of nitrogens with zero attached hydrogens (tertiary/aromatic N) is 2. The first-order valence-corrected chi connectivity index (χ1v) is 14.6. The number of nitriles is 1. The lowest BCUT2D eigenvalue weighted by atomic mass is 9.98. The SMILES string of the molecule is C#Cc1cccc(C2(NC[C@@H](O)[C@H](Cc3cc(F)cc(F)c3)NC(=O)c3cc(C#N)cc(CN(C)CCCC)c3)CC2)c1. The standard InChI is InChI=1S/C35H38F2N4O2/c1-4-6-12-41(3)23-27-13-26(21-38)14-28(15-27)34(43)40-32(19-25-17-30(36)20-31(37)18-25)33(42)22-39-35(10-11-35)29-9-7-8-24(5-2)16-29/h2,7-9,13-18,20,32-33,39,42H,4,6,10-12,19,22-23H2,1,3H3,(H,40,43)/t32-,33+/m0/s1. The van der Waals surface area contributed by atoms with Crippen molar-refractivity contribution in [2.45, 2.75) is 63.3 Å². The van der Waals surface area contributed by atoms with Gasteiger partial charge in [0.2, 0.25) is 0 Å². The summed E-state index contributed by atoms with van der Waals surface area (Å²) in [4.78, 5) is 15.7. The summed E-state index contributed by atoms with van der Waals surface area (Å²) in [5, 5.41) is 27.3. The molecule has 0 heterocycles. The van der Waals surface area contributed by atoms with Crippen molar-refractivity contribution in [3.05, 3.63) is 106 Å². The number of halogens is 2. The second-order valence-electron chi connectivity index (χ2n) is 11.4. The van der Waals surface area contributed by atoms with Crippen molar-refractivity contribution >= 4 is 5.91 Å². The molecule has 0 spiro atoms. The van der Waals surface area contributed by atoms with Crippen molar-refractivity contribution in [2.75, 3.05) is 20.1 Å². The van der Waals surface area contributed by atoms with Crippen LogP contribution in [0, 0.1) is 35.3 Å². The summed E-state index contributed by atoms with van der Waals surface area (Å²) in [6.45, 7) is 3.69. The van der Waals surface area contributed by atoms with Crippen LogP contribution in [-0.2, 0) is 18.5 Å². The molecule has 224 valence electrons. The Balaban J connectivity index is 1.54. The van der Waals surface area contributed by atoms with Crippen LogP contribution in [0.4, 0.5) is 8.78 Å². The Hall–Kier alpha value is -4.08. The third kappa shape index (κ3) is 8.72. The van der Waals surface area contributed by atoms with Gasteiger partial charge in [-0.05, 0) is 98.4 Å². The molecule has 1 fully saturated rings. The average Bonchev–Trinajstić information content (AvgIpc) is 3.79. The summed E-state index contributed by atoms with van der Waals surface area (Å²) in [5.74, 6) is 0.680. The van der Waals surface area contributed by atoms with Gasteiger partial charge in [0.15, 0.2) is 0 Å². The van der Waals surface area contributed by atoms with E-state index in [1.54, 1.807) is 12.1 Å². The van der Waals surface area contributed by atoms with Gasteiger partial charge in [-0.3, -0.25) is 4.79 Å². The van der Waals surface area contributed by atoms with Gasteiger partial charge in [0.05, 0.1) is 23.8 Å². The summed E-state index contributed by atoms with van der Waals surface area (Å²) in [7, 11) is 1.99. The quantitative estimate of drug-likeness (QED) is 0.232. The largest absolute Gasteiger partial charge is 0.390 e. The molecule has 0 unspecified atom stereocenters. The molecule has 3 aromatic rings. The second kappa shape index (κ2) is 14.4. The number of aliphatic hydroxyl groups excluding tert-OH is 1. The Labute approximate surface area is 252 Å². The molecule has 3 aromatic carbocycles. The first-order chi connectivity index (χ1) is 20.6. The molecule has 4 rings (SSSR count). The Morgan fingerprint density at radius 1 is 1.09 bits per heavy atom. The number of carbonyl (C=O) groups excluding carboxylic acids is 1. The van der Waals surface area contributed by atoms with E-state index in [1.165, 1.54) is 18.2 Å². The first kappa shape index (κ1) is 31.8. The van der Waals surface area contributed by atoms with Crippen molar-refractivity contribution in [1.29, 1.82) is 5.26 Å². The van der Waals surface area contributed by atoms with Gasteiger partial charge in [0.1, 0.15) is 11.6 Å². The molecule has 43 heavy (non-hydrogen) atoms. The predicted octanol–water partition coefficient (Wildman–Crippen LogP) is 5.03. The van der Waals surface area contributed by atoms with Gasteiger partial charge in [-0.25, -0.2) is 8.78 Å². The zero-order chi connectivity index (χ0) is 31.0. The van der Waals surface area contributed by atoms with Crippen LogP contribution >= 0.6 is 0 Å². The summed E-state index contributed by atoms with van der Waals surface area (Å²) in [5.41, 5.74) is 3.19. The molecular weight excluding hydrogens is 546 g/mol. The average molecular weight is 585 g/mol. The molecule has 0 saturated heterocycles. The molecule has 3 N–H and O–H groups in total. The number of hydrogen-bond donors (Lipinski definition) is 3. The molecule has 8 heteroatoms. The van der Waals surface area contributed by atoms with Gasteiger partial charge in [0.25, 0.3) is 5.91 Å². The number of nitrogens with one attached hydrogen (secondary N) is 2. The minimum absolute atomic E-state index is 0.00655. The van der Waals surface area contributed by atoms with Gasteiger partial charge in [-0.1, -0.05) is 31.4 Å². The van der Waals surface area contributed by atoms with Gasteiger partial charge < -0.3 is 20.6 Å². The van der Waals surface area contributed by atoms with Crippen LogP contribution in [0.5, 0.6) is 0 Å². The highest BCUT2D eigenvalue weighted by atomic mass is 19.1. The number of unbranched alkanes of at least 4 members (excludes halogenated alkanes) is 1. The van der Waals surface area contributed by atoms with E-state index in [0.29, 0.717) is 17.7 Å². The van der Waals surface area contributed by atoms with Crippen LogP contribution in [-0.4, -0.2) is 48.2 Å². The van der Waals surface area contributed by atoms with Crippen molar-refractivity contribution in [3.63, 3.8) is 0 Å². The lowest BCUT2D eigenvalue weighted by Crippen LogP contribution is -2.50. The Morgan fingerprint density at radius 2 is 1.84 bits per heavy atom. The van der Waals surface area contributed by atoms with E-state index in [4.69, 9.17) is 6.42 Å². The highest BCUT2D eigenvalue weighted by Gasteiger charge is 2.44. The second-order valence-corrected chi connectivity index (χ2v) is 11.4. The Kier molecular flexibility index (Phi) is 10.7. The minimum Gasteiger partial charge on any atom is -0.390 e. The number of rotatable bonds is 14. The molecule has 0 aliphatic heterocycles. The van der Waals surface area contributed by atoms with E-state index in [0.717, 1.165) is 55.0 Å². The number of carbonyl (C=O) groups is 1. The third-order valence-corrected chi connectivity index (χ3v) is 7.87. The molecule has 1 aliphatic rings. The van der Waals surface area contributed by atoms with Crippen molar-refractivity contribution < 1.29 is 18.7 Å². The topological polar surface area (TPSA) is 88.4 Å². The van der Waals surface area contributed by atoms with Gasteiger partial charge in [-0.2, -0.15) is 5.26 Å². The van der Waals surface area contributed by atoms with Crippen LogP contribution in [0.1, 0.15) is 70.8 Å². The van der Waals surface area contributed by atoms with Crippen molar-refractivity contribution in [1.82, 2.24) is 15.5 Å². The summed E-state index contributed by atoms with van der Waals surface area (Å²) < 4.78 is 28.1. The smallest absolute Gasteiger partial charge is 0.251 e. The van der Waals surface area contributed by atoms with E-state index < -0.39 is 29.7 Å². The molecule has 2 atom stereocenters. The predicted molar refractivity (Wildman–Crippen MR) is 163 cm³/mol. The zero-order valence-corrected chi connectivity index (χ0v) is 24.7. The normalized spacial score (nSPS) is 14.9. The fourth-order valence-electron chi connectivity index (χ4n) is 5.36. The van der Waals surface area contributed by atoms with Gasteiger partial charge in [-0.15, -0.1) is 6.42 Å². The number of hydrogen-bond acceptors (Lipinski definition) is 5. The molecular formula is C35H38F2N4O2. The molecule has 6 nitrogen and oxygen atoms in total. The van der Waals surface area contributed by atoms with Crippen LogP contribution in [0.3, 0.4) is 0 Å².